The Hall–Kier alpha value is -3.04. The van der Waals surface area contributed by atoms with Gasteiger partial charge in [0.1, 0.15) is 5.75 Å². The molecular weight excluding hydrogens is 484 g/mol. The fourth-order valence-corrected chi connectivity index (χ4v) is 4.06. The number of benzene rings is 2. The van der Waals surface area contributed by atoms with Crippen molar-refractivity contribution < 1.29 is 44.6 Å². The van der Waals surface area contributed by atoms with Crippen LogP contribution in [0.1, 0.15) is 49.7 Å². The van der Waals surface area contributed by atoms with Crippen molar-refractivity contribution in [1.29, 1.82) is 0 Å². The van der Waals surface area contributed by atoms with E-state index in [0.29, 0.717) is 5.92 Å². The van der Waals surface area contributed by atoms with Crippen LogP contribution in [0.15, 0.2) is 60.7 Å². The van der Waals surface area contributed by atoms with Gasteiger partial charge in [0.15, 0.2) is 17.4 Å². The Morgan fingerprint density at radius 2 is 1.46 bits per heavy atom. The second-order valence-electron chi connectivity index (χ2n) is 8.19. The van der Waals surface area contributed by atoms with E-state index in [-0.39, 0.29) is 18.1 Å². The minimum absolute atomic E-state index is 0.190. The monoisotopic (exact) mass is 506 g/mol. The molecule has 0 heterocycles. The van der Waals surface area contributed by atoms with Crippen LogP contribution < -0.4 is 9.47 Å². The van der Waals surface area contributed by atoms with Gasteiger partial charge in [0.25, 0.3) is 6.08 Å². The first kappa shape index (κ1) is 26.6. The third-order valence-electron chi connectivity index (χ3n) is 5.69. The van der Waals surface area contributed by atoms with Gasteiger partial charge in [0, 0.05) is 12.1 Å². The molecule has 2 aromatic rings. The lowest BCUT2D eigenvalue weighted by Gasteiger charge is -2.27. The standard InChI is InChI=1S/C25H22F8O2/c1-2-3-15-4-6-16(7-5-15)17-8-10-18(11-9-17)25(32,33)34-19-12-20(26)23(21(27)13-19)35-24(30,31)14-22(28)29/h2-3,8-16H,4-7H2,1H3/b3-2+. The zero-order valence-corrected chi connectivity index (χ0v) is 18.5. The summed E-state index contributed by atoms with van der Waals surface area (Å²) in [7, 11) is 0. The van der Waals surface area contributed by atoms with Gasteiger partial charge in [-0.25, -0.2) is 8.78 Å². The molecule has 1 aliphatic carbocycles. The summed E-state index contributed by atoms with van der Waals surface area (Å²) >= 11 is 0. The molecule has 0 aromatic heterocycles. The van der Waals surface area contributed by atoms with Gasteiger partial charge in [-0.3, -0.25) is 0 Å². The molecule has 1 aliphatic rings. The van der Waals surface area contributed by atoms with Crippen LogP contribution in [0.3, 0.4) is 0 Å². The number of ether oxygens (including phenoxy) is 2. The van der Waals surface area contributed by atoms with Gasteiger partial charge >= 0.3 is 12.2 Å². The van der Waals surface area contributed by atoms with Crippen molar-refractivity contribution in [2.45, 2.75) is 50.7 Å². The summed E-state index contributed by atoms with van der Waals surface area (Å²) in [5.41, 5.74) is 0.307. The van der Waals surface area contributed by atoms with Gasteiger partial charge in [-0.15, -0.1) is 0 Å². The van der Waals surface area contributed by atoms with Gasteiger partial charge in [-0.05, 0) is 62.1 Å². The lowest BCUT2D eigenvalue weighted by atomic mass is 9.78. The Morgan fingerprint density at radius 1 is 0.886 bits per heavy atom. The number of alkyl halides is 4. The van der Waals surface area contributed by atoms with Crippen molar-refractivity contribution in [2.24, 2.45) is 5.92 Å². The van der Waals surface area contributed by atoms with Gasteiger partial charge in [0.2, 0.25) is 0 Å². The number of halogens is 8. The topological polar surface area (TPSA) is 18.5 Å². The van der Waals surface area contributed by atoms with Gasteiger partial charge in [0.05, 0.1) is 11.6 Å². The summed E-state index contributed by atoms with van der Waals surface area (Å²) in [5, 5.41) is 0. The van der Waals surface area contributed by atoms with E-state index in [9.17, 15) is 35.1 Å². The highest BCUT2D eigenvalue weighted by Crippen LogP contribution is 2.39. The van der Waals surface area contributed by atoms with Crippen molar-refractivity contribution in [3.63, 3.8) is 0 Å². The van der Waals surface area contributed by atoms with Crippen molar-refractivity contribution in [2.75, 3.05) is 0 Å². The maximum Gasteiger partial charge on any atom is 0.426 e. The lowest BCUT2D eigenvalue weighted by molar-refractivity contribution is -0.185. The summed E-state index contributed by atoms with van der Waals surface area (Å²) in [6.45, 7) is 1.96. The van der Waals surface area contributed by atoms with E-state index in [1.807, 2.05) is 13.0 Å². The second-order valence-corrected chi connectivity index (χ2v) is 8.19. The smallest absolute Gasteiger partial charge is 0.426 e. The normalized spacial score (nSPS) is 19.0. The number of hydrogen-bond acceptors (Lipinski definition) is 2. The van der Waals surface area contributed by atoms with E-state index in [1.54, 1.807) is 12.1 Å². The first-order valence-electron chi connectivity index (χ1n) is 10.8. The first-order chi connectivity index (χ1) is 16.4. The average molecular weight is 506 g/mol. The Labute approximate surface area is 196 Å². The van der Waals surface area contributed by atoms with Crippen LogP contribution in [-0.2, 0) is 6.11 Å². The predicted molar refractivity (Wildman–Crippen MR) is 113 cm³/mol. The molecule has 0 amide bonds. The molecule has 2 aromatic carbocycles. The molecule has 10 heteroatoms. The molecule has 0 aliphatic heterocycles. The Kier molecular flexibility index (Phi) is 8.12. The van der Waals surface area contributed by atoms with E-state index >= 15 is 0 Å². The van der Waals surface area contributed by atoms with E-state index in [4.69, 9.17) is 0 Å². The van der Waals surface area contributed by atoms with Crippen molar-refractivity contribution in [1.82, 2.24) is 0 Å². The minimum Gasteiger partial charge on any atom is -0.429 e. The third-order valence-corrected chi connectivity index (χ3v) is 5.69. The Balaban J connectivity index is 1.71. The highest BCUT2D eigenvalue weighted by atomic mass is 19.3. The Morgan fingerprint density at radius 3 is 1.97 bits per heavy atom. The molecule has 0 N–H and O–H groups in total. The molecule has 0 spiro atoms. The summed E-state index contributed by atoms with van der Waals surface area (Å²) in [5.74, 6) is -5.68. The van der Waals surface area contributed by atoms with Crippen LogP contribution in [0, 0.1) is 17.6 Å². The van der Waals surface area contributed by atoms with Crippen molar-refractivity contribution >= 4 is 0 Å². The SMILES string of the molecule is C/C=C/C1CCC(c2ccc(C(F)(F)Oc3cc(F)c(OC(F)(F)C=C(F)F)c(F)c3)cc2)CC1. The van der Waals surface area contributed by atoms with Crippen molar-refractivity contribution in [3.05, 3.63) is 83.5 Å². The fraction of sp³-hybridized carbons (Fsp3) is 0.360. The quantitative estimate of drug-likeness (QED) is 0.263. The van der Waals surface area contributed by atoms with Gasteiger partial charge < -0.3 is 9.47 Å². The molecule has 190 valence electrons. The molecule has 1 fully saturated rings. The molecule has 35 heavy (non-hydrogen) atoms. The molecule has 0 radical (unpaired) electrons. The zero-order valence-electron chi connectivity index (χ0n) is 18.5. The summed E-state index contributed by atoms with van der Waals surface area (Å²) < 4.78 is 116. The molecule has 0 atom stereocenters. The van der Waals surface area contributed by atoms with E-state index in [0.717, 1.165) is 43.4 Å². The summed E-state index contributed by atoms with van der Waals surface area (Å²) in [6.07, 6.45) is -4.54. The van der Waals surface area contributed by atoms with E-state index in [2.05, 4.69) is 15.5 Å². The maximum absolute atomic E-state index is 14.6. The van der Waals surface area contributed by atoms with Crippen LogP contribution in [0.2, 0.25) is 0 Å². The molecule has 3 rings (SSSR count). The van der Waals surface area contributed by atoms with Crippen molar-refractivity contribution in [3.8, 4) is 11.5 Å². The zero-order chi connectivity index (χ0) is 25.8. The average Bonchev–Trinajstić information content (AvgIpc) is 2.76. The predicted octanol–water partition coefficient (Wildman–Crippen LogP) is 8.70. The number of allylic oxidation sites excluding steroid dienone is 2. The maximum atomic E-state index is 14.6. The first-order valence-corrected chi connectivity index (χ1v) is 10.8. The van der Waals surface area contributed by atoms with E-state index in [1.165, 1.54) is 0 Å². The number of hydrogen-bond donors (Lipinski definition) is 0. The second kappa shape index (κ2) is 10.7. The molecular formula is C25H22F8O2. The highest BCUT2D eigenvalue weighted by Gasteiger charge is 2.37. The summed E-state index contributed by atoms with van der Waals surface area (Å²) in [4.78, 5) is 0. The molecule has 0 unspecified atom stereocenters. The van der Waals surface area contributed by atoms with Gasteiger partial charge in [-0.1, -0.05) is 24.3 Å². The van der Waals surface area contributed by atoms with Crippen LogP contribution in [0.5, 0.6) is 11.5 Å². The van der Waals surface area contributed by atoms with Crippen LogP contribution in [0.4, 0.5) is 35.1 Å². The van der Waals surface area contributed by atoms with Crippen LogP contribution in [-0.4, -0.2) is 6.11 Å². The molecule has 2 nitrogen and oxygen atoms in total. The lowest BCUT2D eigenvalue weighted by Crippen LogP contribution is -2.24. The number of rotatable bonds is 8. The minimum atomic E-state index is -4.74. The Bertz CT molecular complexity index is 1040. The van der Waals surface area contributed by atoms with Gasteiger partial charge in [-0.2, -0.15) is 26.3 Å². The third kappa shape index (κ3) is 6.99. The highest BCUT2D eigenvalue weighted by molar-refractivity contribution is 5.36. The molecule has 0 saturated heterocycles. The van der Waals surface area contributed by atoms with Crippen LogP contribution >= 0.6 is 0 Å². The molecule has 0 bridgehead atoms. The summed E-state index contributed by atoms with van der Waals surface area (Å²) in [6, 6.07) is 5.77. The fourth-order valence-electron chi connectivity index (χ4n) is 4.06. The molecule has 1 saturated carbocycles. The van der Waals surface area contributed by atoms with E-state index < -0.39 is 53.1 Å². The van der Waals surface area contributed by atoms with Crippen LogP contribution in [0.25, 0.3) is 0 Å². The largest absolute Gasteiger partial charge is 0.429 e.